The van der Waals surface area contributed by atoms with Crippen LogP contribution in [0, 0.1) is 0 Å². The number of pyridine rings is 1. The third kappa shape index (κ3) is 4.82. The lowest BCUT2D eigenvalue weighted by molar-refractivity contribution is 0.0827. The van der Waals surface area contributed by atoms with Crippen LogP contribution in [0.25, 0.3) is 38.6 Å². The largest absolute Gasteiger partial charge is 0.496 e. The zero-order valence-electron chi connectivity index (χ0n) is 22.2. The van der Waals surface area contributed by atoms with Crippen LogP contribution < -0.4 is 14.2 Å². The van der Waals surface area contributed by atoms with Crippen LogP contribution in [0.3, 0.4) is 0 Å². The smallest absolute Gasteiger partial charge is 0.294 e. The van der Waals surface area contributed by atoms with E-state index >= 15 is 0 Å². The maximum Gasteiger partial charge on any atom is 0.294 e. The molecule has 0 fully saturated rings. The first-order valence-corrected chi connectivity index (χ1v) is 13.2. The van der Waals surface area contributed by atoms with Crippen LogP contribution in [0.15, 0.2) is 71.3 Å². The molecule has 0 saturated heterocycles. The molecule has 0 bridgehead atoms. The number of benzene rings is 2. The molecule has 4 heterocycles. The molecular formula is C29H25N5O5S. The minimum atomic E-state index is -0.0432. The minimum absolute atomic E-state index is 0.0432. The highest BCUT2D eigenvalue weighted by Crippen LogP contribution is 2.37. The number of hydrogen-bond acceptors (Lipinski definition) is 9. The normalized spacial score (nSPS) is 11.2. The van der Waals surface area contributed by atoms with E-state index < -0.39 is 0 Å². The fourth-order valence-corrected chi connectivity index (χ4v) is 4.94. The molecule has 6 aromatic rings. The number of amides is 1. The van der Waals surface area contributed by atoms with Crippen LogP contribution in [-0.2, 0) is 6.61 Å². The van der Waals surface area contributed by atoms with Gasteiger partial charge in [-0.15, -0.1) is 5.10 Å². The molecular weight excluding hydrogens is 530 g/mol. The molecule has 0 N–H and O–H groups in total. The molecule has 202 valence electrons. The van der Waals surface area contributed by atoms with Gasteiger partial charge in [-0.05, 0) is 41.7 Å². The first-order chi connectivity index (χ1) is 19.4. The molecule has 0 radical (unpaired) electrons. The van der Waals surface area contributed by atoms with Crippen LogP contribution in [-0.4, -0.2) is 58.7 Å². The lowest BCUT2D eigenvalue weighted by atomic mass is 10.1. The summed E-state index contributed by atoms with van der Waals surface area (Å²) < 4.78 is 24.7. The SMILES string of the molecule is COc1cc(OCc2cccc(-c3ccc(C(=O)N(C)C)cc3)n2)c2cc(-c3cn4nc(OC)sc4n3)oc2c1. The lowest BCUT2D eigenvalue weighted by Crippen LogP contribution is -2.21. The van der Waals surface area contributed by atoms with Crippen LogP contribution in [0.2, 0.25) is 0 Å². The molecule has 6 rings (SSSR count). The second kappa shape index (κ2) is 10.3. The summed E-state index contributed by atoms with van der Waals surface area (Å²) in [5.74, 6) is 1.75. The minimum Gasteiger partial charge on any atom is -0.496 e. The number of nitrogens with zero attached hydrogens (tertiary/aromatic N) is 5. The second-order valence-electron chi connectivity index (χ2n) is 9.15. The lowest BCUT2D eigenvalue weighted by Gasteiger charge is -2.11. The van der Waals surface area contributed by atoms with Crippen molar-refractivity contribution >= 4 is 33.2 Å². The average Bonchev–Trinajstić information content (AvgIpc) is 3.69. The molecule has 4 aromatic heterocycles. The maximum atomic E-state index is 12.2. The van der Waals surface area contributed by atoms with Crippen molar-refractivity contribution in [2.45, 2.75) is 6.61 Å². The number of imidazole rings is 1. The Morgan fingerprint density at radius 3 is 2.55 bits per heavy atom. The molecule has 0 unspecified atom stereocenters. The summed E-state index contributed by atoms with van der Waals surface area (Å²) in [6, 6.07) is 18.7. The molecule has 0 aliphatic rings. The van der Waals surface area contributed by atoms with E-state index in [9.17, 15) is 4.79 Å². The molecule has 0 aliphatic carbocycles. The van der Waals surface area contributed by atoms with Gasteiger partial charge in [-0.25, -0.2) is 14.5 Å². The predicted molar refractivity (Wildman–Crippen MR) is 151 cm³/mol. The standard InChI is InChI=1S/C29H25N5O5S/c1-33(2)27(35)18-10-8-17(9-11-18)22-7-5-6-19(30-22)16-38-24-12-20(36-3)13-25-21(24)14-26(39-25)23-15-34-28(31-23)40-29(32-34)37-4/h5-15H,16H2,1-4H3. The first-order valence-electron chi connectivity index (χ1n) is 12.3. The van der Waals surface area contributed by atoms with E-state index in [1.807, 2.05) is 60.7 Å². The fraction of sp³-hybridized carbons (Fsp3) is 0.172. The molecule has 40 heavy (non-hydrogen) atoms. The Morgan fingerprint density at radius 1 is 1.00 bits per heavy atom. The number of rotatable bonds is 8. The van der Waals surface area contributed by atoms with Crippen molar-refractivity contribution in [2.24, 2.45) is 0 Å². The van der Waals surface area contributed by atoms with Gasteiger partial charge in [-0.2, -0.15) is 0 Å². The molecule has 2 aromatic carbocycles. The number of furan rings is 1. The van der Waals surface area contributed by atoms with E-state index in [-0.39, 0.29) is 12.5 Å². The van der Waals surface area contributed by atoms with Crippen molar-refractivity contribution < 1.29 is 23.4 Å². The Kier molecular flexibility index (Phi) is 6.56. The van der Waals surface area contributed by atoms with E-state index in [1.165, 1.54) is 11.3 Å². The van der Waals surface area contributed by atoms with Gasteiger partial charge in [0.25, 0.3) is 11.1 Å². The summed E-state index contributed by atoms with van der Waals surface area (Å²) in [4.78, 5) is 23.8. The highest BCUT2D eigenvalue weighted by atomic mass is 32.1. The zero-order valence-corrected chi connectivity index (χ0v) is 23.1. The Balaban J connectivity index is 1.25. The third-order valence-corrected chi connectivity index (χ3v) is 7.16. The van der Waals surface area contributed by atoms with Crippen molar-refractivity contribution in [3.05, 3.63) is 78.1 Å². The van der Waals surface area contributed by atoms with Gasteiger partial charge in [-0.1, -0.05) is 18.2 Å². The molecule has 0 aliphatic heterocycles. The van der Waals surface area contributed by atoms with Crippen LogP contribution in [0.5, 0.6) is 16.7 Å². The van der Waals surface area contributed by atoms with Gasteiger partial charge < -0.3 is 23.5 Å². The number of aromatic nitrogens is 4. The zero-order chi connectivity index (χ0) is 27.8. The number of methoxy groups -OCH3 is 2. The Morgan fingerprint density at radius 2 is 1.82 bits per heavy atom. The third-order valence-electron chi connectivity index (χ3n) is 6.28. The molecule has 0 spiro atoms. The quantitative estimate of drug-likeness (QED) is 0.240. The van der Waals surface area contributed by atoms with Crippen molar-refractivity contribution in [2.75, 3.05) is 28.3 Å². The summed E-state index contributed by atoms with van der Waals surface area (Å²) in [5, 5.41) is 5.65. The predicted octanol–water partition coefficient (Wildman–Crippen LogP) is 5.56. The Hall–Kier alpha value is -4.90. The van der Waals surface area contributed by atoms with E-state index in [2.05, 4.69) is 10.1 Å². The number of carbonyl (C=O) groups excluding carboxylic acids is 1. The van der Waals surface area contributed by atoms with E-state index in [1.54, 1.807) is 43.9 Å². The van der Waals surface area contributed by atoms with Crippen LogP contribution in [0.1, 0.15) is 16.1 Å². The highest BCUT2D eigenvalue weighted by Gasteiger charge is 2.17. The van der Waals surface area contributed by atoms with E-state index in [4.69, 9.17) is 23.6 Å². The van der Waals surface area contributed by atoms with Gasteiger partial charge in [0, 0.05) is 37.4 Å². The van der Waals surface area contributed by atoms with Gasteiger partial charge in [0.05, 0.1) is 37.2 Å². The second-order valence-corrected chi connectivity index (χ2v) is 10.1. The molecule has 11 heteroatoms. The van der Waals surface area contributed by atoms with Crippen molar-refractivity contribution in [1.29, 1.82) is 0 Å². The molecule has 10 nitrogen and oxygen atoms in total. The Bertz CT molecular complexity index is 1810. The molecule has 0 saturated carbocycles. The van der Waals surface area contributed by atoms with Crippen LogP contribution >= 0.6 is 11.3 Å². The summed E-state index contributed by atoms with van der Waals surface area (Å²) in [5.41, 5.74) is 4.33. The first kappa shape index (κ1) is 25.4. The van der Waals surface area contributed by atoms with Gasteiger partial charge in [0.15, 0.2) is 5.76 Å². The van der Waals surface area contributed by atoms with Crippen molar-refractivity contribution in [3.8, 4) is 39.4 Å². The number of fused-ring (bicyclic) bond motifs is 2. The van der Waals surface area contributed by atoms with E-state index in [0.29, 0.717) is 44.3 Å². The fourth-order valence-electron chi connectivity index (χ4n) is 4.24. The van der Waals surface area contributed by atoms with Gasteiger partial charge >= 0.3 is 0 Å². The Labute approximate surface area is 233 Å². The average molecular weight is 556 g/mol. The number of hydrogen-bond donors (Lipinski definition) is 0. The number of carbonyl (C=O) groups is 1. The molecule has 1 amide bonds. The monoisotopic (exact) mass is 555 g/mol. The number of ether oxygens (including phenoxy) is 3. The summed E-state index contributed by atoms with van der Waals surface area (Å²) >= 11 is 1.35. The van der Waals surface area contributed by atoms with Crippen molar-refractivity contribution in [1.82, 2.24) is 24.5 Å². The summed E-state index contributed by atoms with van der Waals surface area (Å²) in [7, 11) is 6.64. The summed E-state index contributed by atoms with van der Waals surface area (Å²) in [6.07, 6.45) is 1.79. The summed E-state index contributed by atoms with van der Waals surface area (Å²) in [6.45, 7) is 0.234. The maximum absolute atomic E-state index is 12.2. The van der Waals surface area contributed by atoms with Gasteiger partial charge in [0.1, 0.15) is 29.4 Å². The van der Waals surface area contributed by atoms with Gasteiger partial charge in [0.2, 0.25) is 4.96 Å². The van der Waals surface area contributed by atoms with Crippen LogP contribution in [0.4, 0.5) is 0 Å². The van der Waals surface area contributed by atoms with Gasteiger partial charge in [-0.3, -0.25) is 4.79 Å². The van der Waals surface area contributed by atoms with E-state index in [0.717, 1.165) is 22.3 Å². The topological polar surface area (TPSA) is 104 Å². The molecule has 0 atom stereocenters. The highest BCUT2D eigenvalue weighted by molar-refractivity contribution is 7.18. The van der Waals surface area contributed by atoms with Crippen molar-refractivity contribution in [3.63, 3.8) is 0 Å².